The molecule has 0 aromatic heterocycles. The molecule has 2 aliphatic rings. The van der Waals surface area contributed by atoms with E-state index in [0.717, 1.165) is 11.8 Å². The van der Waals surface area contributed by atoms with Crippen LogP contribution in [0.1, 0.15) is 13.3 Å². The highest BCUT2D eigenvalue weighted by molar-refractivity contribution is 8.05. The van der Waals surface area contributed by atoms with Crippen molar-refractivity contribution in [3.8, 4) is 0 Å². The number of likely N-dealkylation sites (N-methyl/N-ethyl adjacent to an activating group) is 1. The molecule has 3 unspecified atom stereocenters. The van der Waals surface area contributed by atoms with Crippen LogP contribution >= 0.6 is 11.8 Å². The summed E-state index contributed by atoms with van der Waals surface area (Å²) >= 11 is 1.11. The van der Waals surface area contributed by atoms with Crippen molar-refractivity contribution in [2.24, 2.45) is 5.92 Å². The third kappa shape index (κ3) is 2.68. The number of nitrogens with one attached hydrogen (secondary N) is 1. The van der Waals surface area contributed by atoms with E-state index in [9.17, 15) is 24.6 Å². The fourth-order valence-corrected chi connectivity index (χ4v) is 3.52. The second-order valence-electron chi connectivity index (χ2n) is 4.86. The molecular formula is C13H16N2O5S. The van der Waals surface area contributed by atoms with Gasteiger partial charge >= 0.3 is 5.97 Å². The zero-order valence-corrected chi connectivity index (χ0v) is 12.4. The molecule has 0 aromatic rings. The van der Waals surface area contributed by atoms with Gasteiger partial charge in [0.2, 0.25) is 11.8 Å². The summed E-state index contributed by atoms with van der Waals surface area (Å²) in [7, 11) is 1.49. The van der Waals surface area contributed by atoms with Gasteiger partial charge in [-0.25, -0.2) is 4.79 Å². The number of carbonyl (C=O) groups is 3. The molecule has 1 saturated heterocycles. The SMILES string of the molecule is CNC(=O)/C=C/SC1=C(C(=O)O)N2C(=O)C(C(C)O)C2C1. The summed E-state index contributed by atoms with van der Waals surface area (Å²) in [6, 6.07) is -0.306. The smallest absolute Gasteiger partial charge is 0.353 e. The standard InChI is InChI=1S/C13H16N2O5S/c1-6(16)10-7-5-8(21-4-3-9(17)14-2)11(13(19)20)15(7)12(10)18/h3-4,6-7,10,16H,5H2,1-2H3,(H,14,17)(H,19,20)/b4-3+. The van der Waals surface area contributed by atoms with E-state index in [1.165, 1.54) is 30.4 Å². The first-order valence-corrected chi connectivity index (χ1v) is 7.29. The maximum atomic E-state index is 12.0. The molecule has 0 radical (unpaired) electrons. The van der Waals surface area contributed by atoms with Crippen molar-refractivity contribution in [3.05, 3.63) is 22.1 Å². The van der Waals surface area contributed by atoms with Crippen LogP contribution in [0.25, 0.3) is 0 Å². The van der Waals surface area contributed by atoms with Crippen molar-refractivity contribution in [2.45, 2.75) is 25.5 Å². The second kappa shape index (κ2) is 5.90. The van der Waals surface area contributed by atoms with Crippen molar-refractivity contribution in [1.29, 1.82) is 0 Å². The lowest BCUT2D eigenvalue weighted by molar-refractivity contribution is -0.161. The summed E-state index contributed by atoms with van der Waals surface area (Å²) in [5.41, 5.74) is -0.0477. The lowest BCUT2D eigenvalue weighted by atomic mass is 9.83. The van der Waals surface area contributed by atoms with E-state index in [-0.39, 0.29) is 23.6 Å². The Kier molecular flexibility index (Phi) is 4.38. The van der Waals surface area contributed by atoms with Crippen molar-refractivity contribution in [2.75, 3.05) is 7.05 Å². The summed E-state index contributed by atoms with van der Waals surface area (Å²) in [4.78, 5) is 36.1. The Balaban J connectivity index is 2.17. The molecular weight excluding hydrogens is 296 g/mol. The highest BCUT2D eigenvalue weighted by atomic mass is 32.2. The van der Waals surface area contributed by atoms with Crippen LogP contribution in [0.2, 0.25) is 0 Å². The van der Waals surface area contributed by atoms with Gasteiger partial charge in [-0.05, 0) is 12.3 Å². The molecule has 2 rings (SSSR count). The van der Waals surface area contributed by atoms with Crippen LogP contribution in [-0.4, -0.2) is 52.1 Å². The first-order chi connectivity index (χ1) is 9.88. The van der Waals surface area contributed by atoms with Crippen LogP contribution in [0.15, 0.2) is 22.1 Å². The van der Waals surface area contributed by atoms with Crippen molar-refractivity contribution in [1.82, 2.24) is 10.2 Å². The average molecular weight is 312 g/mol. The predicted octanol–water partition coefficient (Wildman–Crippen LogP) is -0.113. The number of hydrogen-bond donors (Lipinski definition) is 3. The minimum Gasteiger partial charge on any atom is -0.477 e. The van der Waals surface area contributed by atoms with Gasteiger partial charge < -0.3 is 20.4 Å². The number of aliphatic hydroxyl groups is 1. The molecule has 0 aliphatic carbocycles. The molecule has 1 fully saturated rings. The highest BCUT2D eigenvalue weighted by Crippen LogP contribution is 2.47. The van der Waals surface area contributed by atoms with Gasteiger partial charge in [0.05, 0.1) is 18.1 Å². The third-order valence-corrected chi connectivity index (χ3v) is 4.48. The fraction of sp³-hybridized carbons (Fsp3) is 0.462. The van der Waals surface area contributed by atoms with Gasteiger partial charge in [0.25, 0.3) is 0 Å². The van der Waals surface area contributed by atoms with Crippen LogP contribution in [0.4, 0.5) is 0 Å². The third-order valence-electron chi connectivity index (χ3n) is 3.57. The molecule has 0 spiro atoms. The fourth-order valence-electron chi connectivity index (χ4n) is 2.60. The molecule has 0 saturated carbocycles. The Morgan fingerprint density at radius 1 is 1.52 bits per heavy atom. The molecule has 2 heterocycles. The molecule has 7 nitrogen and oxygen atoms in total. The summed E-state index contributed by atoms with van der Waals surface area (Å²) in [5, 5.41) is 22.8. The summed E-state index contributed by atoms with van der Waals surface area (Å²) in [6.45, 7) is 1.52. The van der Waals surface area contributed by atoms with Crippen molar-refractivity contribution in [3.63, 3.8) is 0 Å². The molecule has 3 N–H and O–H groups in total. The number of carboxylic acids is 1. The lowest BCUT2D eigenvalue weighted by Gasteiger charge is -2.44. The Morgan fingerprint density at radius 2 is 2.19 bits per heavy atom. The quantitative estimate of drug-likeness (QED) is 0.483. The van der Waals surface area contributed by atoms with E-state index >= 15 is 0 Å². The molecule has 21 heavy (non-hydrogen) atoms. The van der Waals surface area contributed by atoms with Gasteiger partial charge in [-0.2, -0.15) is 0 Å². The van der Waals surface area contributed by atoms with Crippen LogP contribution in [-0.2, 0) is 14.4 Å². The van der Waals surface area contributed by atoms with Gasteiger partial charge in [0.15, 0.2) is 0 Å². The maximum absolute atomic E-state index is 12.0. The van der Waals surface area contributed by atoms with E-state index in [1.807, 2.05) is 0 Å². The van der Waals surface area contributed by atoms with Gasteiger partial charge in [0, 0.05) is 24.4 Å². The van der Waals surface area contributed by atoms with Crippen LogP contribution in [0.3, 0.4) is 0 Å². The second-order valence-corrected chi connectivity index (χ2v) is 5.86. The zero-order valence-electron chi connectivity index (χ0n) is 11.6. The number of hydrogen-bond acceptors (Lipinski definition) is 5. The normalized spacial score (nSPS) is 25.9. The Labute approximate surface area is 125 Å². The number of carboxylic acid groups (broad SMARTS) is 1. The van der Waals surface area contributed by atoms with Gasteiger partial charge in [0.1, 0.15) is 5.70 Å². The summed E-state index contributed by atoms with van der Waals surface area (Å²) in [6.07, 6.45) is 0.867. The number of amides is 2. The van der Waals surface area contributed by atoms with Crippen molar-refractivity contribution < 1.29 is 24.6 Å². The minimum absolute atomic E-state index is 0.0477. The Morgan fingerprint density at radius 3 is 2.71 bits per heavy atom. The van der Waals surface area contributed by atoms with Gasteiger partial charge in [-0.3, -0.25) is 9.59 Å². The lowest BCUT2D eigenvalue weighted by Crippen LogP contribution is -2.61. The predicted molar refractivity (Wildman–Crippen MR) is 75.9 cm³/mol. The van der Waals surface area contributed by atoms with E-state index in [4.69, 9.17) is 0 Å². The van der Waals surface area contributed by atoms with Crippen LogP contribution in [0, 0.1) is 5.92 Å². The number of carbonyl (C=O) groups excluding carboxylic acids is 2. The summed E-state index contributed by atoms with van der Waals surface area (Å²) < 4.78 is 0. The average Bonchev–Trinajstić information content (AvgIpc) is 2.72. The van der Waals surface area contributed by atoms with E-state index in [1.54, 1.807) is 0 Å². The monoisotopic (exact) mass is 312 g/mol. The zero-order chi connectivity index (χ0) is 15.7. The molecule has 2 aliphatic heterocycles. The number of aliphatic hydroxyl groups excluding tert-OH is 1. The summed E-state index contributed by atoms with van der Waals surface area (Å²) in [5.74, 6) is -2.39. The molecule has 2 amide bonds. The largest absolute Gasteiger partial charge is 0.477 e. The number of nitrogens with zero attached hydrogens (tertiary/aromatic N) is 1. The van der Waals surface area contributed by atoms with Gasteiger partial charge in [-0.1, -0.05) is 11.8 Å². The first-order valence-electron chi connectivity index (χ1n) is 6.41. The van der Waals surface area contributed by atoms with Crippen LogP contribution in [0.5, 0.6) is 0 Å². The highest BCUT2D eigenvalue weighted by Gasteiger charge is 2.56. The van der Waals surface area contributed by atoms with E-state index < -0.39 is 18.0 Å². The first kappa shape index (κ1) is 15.6. The van der Waals surface area contributed by atoms with Gasteiger partial charge in [-0.15, -0.1) is 0 Å². The molecule has 114 valence electrons. The topological polar surface area (TPSA) is 107 Å². The molecule has 0 bridgehead atoms. The Bertz CT molecular complexity index is 555. The Hall–Kier alpha value is -1.80. The van der Waals surface area contributed by atoms with Crippen LogP contribution < -0.4 is 5.32 Å². The number of aliphatic carboxylic acids is 1. The molecule has 0 aromatic carbocycles. The minimum atomic E-state index is -1.18. The molecule has 3 atom stereocenters. The number of fused-ring (bicyclic) bond motifs is 1. The number of thioether (sulfide) groups is 1. The maximum Gasteiger partial charge on any atom is 0.353 e. The van der Waals surface area contributed by atoms with E-state index in [0.29, 0.717) is 11.3 Å². The van der Waals surface area contributed by atoms with Crippen molar-refractivity contribution >= 4 is 29.5 Å². The number of rotatable bonds is 5. The van der Waals surface area contributed by atoms with E-state index in [2.05, 4.69) is 5.32 Å². The molecule has 8 heteroatoms. The number of β-lactam (4-membered cyclic amide) rings is 1.